The summed E-state index contributed by atoms with van der Waals surface area (Å²) in [6, 6.07) is 7.16. The molecule has 0 fully saturated rings. The summed E-state index contributed by atoms with van der Waals surface area (Å²) in [5.41, 5.74) is 2.40. The van der Waals surface area contributed by atoms with Crippen LogP contribution in [0.15, 0.2) is 29.3 Å². The second-order valence-electron chi connectivity index (χ2n) is 5.56. The van der Waals surface area contributed by atoms with Gasteiger partial charge in [0.15, 0.2) is 5.96 Å². The number of hydrogen-bond donors (Lipinski definition) is 3. The van der Waals surface area contributed by atoms with Gasteiger partial charge < -0.3 is 16.0 Å². The second-order valence-corrected chi connectivity index (χ2v) is 6.85. The van der Waals surface area contributed by atoms with Crippen LogP contribution in [0.25, 0.3) is 0 Å². The molecule has 26 heavy (non-hydrogen) atoms. The van der Waals surface area contributed by atoms with Crippen molar-refractivity contribution in [2.24, 2.45) is 4.99 Å². The average molecular weight is 369 g/mol. The monoisotopic (exact) mass is 369 g/mol. The number of hydrogen-bond acceptors (Lipinski definition) is 4. The minimum absolute atomic E-state index is 0.0102. The highest BCUT2D eigenvalue weighted by Crippen LogP contribution is 2.16. The fourth-order valence-electron chi connectivity index (χ4n) is 2.28. The minimum atomic E-state index is -0.207. The second kappa shape index (κ2) is 9.59. The summed E-state index contributed by atoms with van der Waals surface area (Å²) in [6.07, 6.45) is 5.37. The molecule has 0 unspecified atom stereocenters. The topological polar surface area (TPSA) is 78.4 Å². The van der Waals surface area contributed by atoms with Gasteiger partial charge in [0.05, 0.1) is 17.2 Å². The van der Waals surface area contributed by atoms with E-state index in [2.05, 4.69) is 31.8 Å². The van der Waals surface area contributed by atoms with Crippen LogP contribution in [-0.2, 0) is 11.3 Å². The molecule has 1 aromatic heterocycles. The molecule has 2 rings (SSSR count). The number of nitrogens with one attached hydrogen (secondary N) is 3. The first kappa shape index (κ1) is 19.5. The molecular formula is C19H23N5OS. The third-order valence-electron chi connectivity index (χ3n) is 3.45. The maximum atomic E-state index is 12.1. The molecule has 1 aromatic carbocycles. The normalized spacial score (nSPS) is 10.9. The van der Waals surface area contributed by atoms with E-state index in [0.717, 1.165) is 21.1 Å². The van der Waals surface area contributed by atoms with E-state index >= 15 is 0 Å². The Kier molecular flexibility index (Phi) is 7.18. The highest BCUT2D eigenvalue weighted by Gasteiger charge is 2.07. The number of aliphatic imine (C=N–C) groups is 1. The summed E-state index contributed by atoms with van der Waals surface area (Å²) in [6.45, 7) is 7.29. The molecule has 0 saturated carbocycles. The van der Waals surface area contributed by atoms with E-state index in [1.54, 1.807) is 29.5 Å². The first-order valence-corrected chi connectivity index (χ1v) is 9.15. The maximum Gasteiger partial charge on any atom is 0.246 e. The van der Waals surface area contributed by atoms with Crippen molar-refractivity contribution in [3.63, 3.8) is 0 Å². The smallest absolute Gasteiger partial charge is 0.246 e. The van der Waals surface area contributed by atoms with Crippen LogP contribution < -0.4 is 16.0 Å². The third-order valence-corrected chi connectivity index (χ3v) is 4.53. The molecule has 0 aliphatic heterocycles. The van der Waals surface area contributed by atoms with Gasteiger partial charge in [0.2, 0.25) is 5.91 Å². The fourth-order valence-corrected chi connectivity index (χ4v) is 3.16. The first-order chi connectivity index (χ1) is 12.5. The van der Waals surface area contributed by atoms with Gasteiger partial charge in [0.25, 0.3) is 0 Å². The fraction of sp³-hybridized carbons (Fsp3) is 0.316. The number of nitrogens with zero attached hydrogens (tertiary/aromatic N) is 2. The SMILES string of the molecule is C#Cc1cccc(NC(=O)CN=C(NCC)NCc2sc(C)nc2C)c1. The zero-order chi connectivity index (χ0) is 18.9. The van der Waals surface area contributed by atoms with Crippen LogP contribution >= 0.6 is 11.3 Å². The highest BCUT2D eigenvalue weighted by atomic mass is 32.1. The van der Waals surface area contributed by atoms with Crippen molar-refractivity contribution < 1.29 is 4.79 Å². The van der Waals surface area contributed by atoms with Gasteiger partial charge in [-0.05, 0) is 39.0 Å². The van der Waals surface area contributed by atoms with Crippen LogP contribution in [0.2, 0.25) is 0 Å². The molecule has 0 bridgehead atoms. The molecule has 136 valence electrons. The van der Waals surface area contributed by atoms with Crippen LogP contribution in [0.5, 0.6) is 0 Å². The summed E-state index contributed by atoms with van der Waals surface area (Å²) in [5.74, 6) is 2.92. The van der Waals surface area contributed by atoms with Gasteiger partial charge in [-0.15, -0.1) is 17.8 Å². The standard InChI is InChI=1S/C19H23N5OS/c1-5-15-8-7-9-16(10-15)24-18(25)12-22-19(20-6-2)21-11-17-13(3)23-14(4)26-17/h1,7-10H,6,11-12H2,2-4H3,(H,24,25)(H2,20,21,22). The van der Waals surface area contributed by atoms with Crippen LogP contribution in [0, 0.1) is 26.2 Å². The molecule has 1 heterocycles. The Labute approximate surface area is 158 Å². The average Bonchev–Trinajstić information content (AvgIpc) is 2.95. The molecule has 6 nitrogen and oxygen atoms in total. The number of rotatable bonds is 6. The maximum absolute atomic E-state index is 12.1. The predicted octanol–water partition coefficient (Wildman–Crippen LogP) is 2.44. The number of terminal acetylenes is 1. The number of guanidine groups is 1. The van der Waals surface area contributed by atoms with Crippen molar-refractivity contribution in [3.05, 3.63) is 45.4 Å². The van der Waals surface area contributed by atoms with Gasteiger partial charge in [0, 0.05) is 22.7 Å². The zero-order valence-electron chi connectivity index (χ0n) is 15.2. The highest BCUT2D eigenvalue weighted by molar-refractivity contribution is 7.11. The number of benzene rings is 1. The molecule has 0 radical (unpaired) electrons. The summed E-state index contributed by atoms with van der Waals surface area (Å²) in [5, 5.41) is 10.2. The third kappa shape index (κ3) is 5.90. The molecule has 0 spiro atoms. The zero-order valence-corrected chi connectivity index (χ0v) is 16.0. The molecule has 0 saturated heterocycles. The summed E-state index contributed by atoms with van der Waals surface area (Å²) < 4.78 is 0. The lowest BCUT2D eigenvalue weighted by Gasteiger charge is -2.11. The van der Waals surface area contributed by atoms with Gasteiger partial charge in [-0.3, -0.25) is 4.79 Å². The number of aryl methyl sites for hydroxylation is 2. The van der Waals surface area contributed by atoms with Crippen molar-refractivity contribution in [3.8, 4) is 12.3 Å². The van der Waals surface area contributed by atoms with E-state index in [-0.39, 0.29) is 12.5 Å². The van der Waals surface area contributed by atoms with Gasteiger partial charge in [-0.25, -0.2) is 9.98 Å². The number of aromatic nitrogens is 1. The van der Waals surface area contributed by atoms with Crippen molar-refractivity contribution in [2.75, 3.05) is 18.4 Å². The van der Waals surface area contributed by atoms with E-state index < -0.39 is 0 Å². The van der Waals surface area contributed by atoms with Gasteiger partial charge in [-0.2, -0.15) is 0 Å². The van der Waals surface area contributed by atoms with Crippen LogP contribution in [0.4, 0.5) is 5.69 Å². The van der Waals surface area contributed by atoms with Gasteiger partial charge in [0.1, 0.15) is 6.54 Å². The Morgan fingerprint density at radius 3 is 2.81 bits per heavy atom. The van der Waals surface area contributed by atoms with Crippen LogP contribution in [0.1, 0.15) is 28.1 Å². The van der Waals surface area contributed by atoms with E-state index in [0.29, 0.717) is 24.7 Å². The molecule has 0 aliphatic rings. The first-order valence-electron chi connectivity index (χ1n) is 8.33. The Balaban J connectivity index is 1.93. The Hall–Kier alpha value is -2.85. The molecule has 2 aromatic rings. The van der Waals surface area contributed by atoms with Crippen LogP contribution in [0.3, 0.4) is 0 Å². The summed E-state index contributed by atoms with van der Waals surface area (Å²) >= 11 is 1.65. The van der Waals surface area contributed by atoms with E-state index in [9.17, 15) is 4.79 Å². The molecule has 0 atom stereocenters. The molecule has 3 N–H and O–H groups in total. The predicted molar refractivity (Wildman–Crippen MR) is 107 cm³/mol. The molecule has 0 aliphatic carbocycles. The van der Waals surface area contributed by atoms with Crippen molar-refractivity contribution in [2.45, 2.75) is 27.3 Å². The number of thiazole rings is 1. The lowest BCUT2D eigenvalue weighted by Crippen LogP contribution is -2.37. The van der Waals surface area contributed by atoms with E-state index in [1.807, 2.05) is 26.8 Å². The van der Waals surface area contributed by atoms with Crippen molar-refractivity contribution in [1.29, 1.82) is 0 Å². The Bertz CT molecular complexity index is 835. The summed E-state index contributed by atoms with van der Waals surface area (Å²) in [4.78, 5) is 22.0. The number of carbonyl (C=O) groups excluding carboxylic acids is 1. The Morgan fingerprint density at radius 1 is 1.35 bits per heavy atom. The summed E-state index contributed by atoms with van der Waals surface area (Å²) in [7, 11) is 0. The van der Waals surface area contributed by atoms with Crippen molar-refractivity contribution >= 4 is 28.9 Å². The Morgan fingerprint density at radius 2 is 2.15 bits per heavy atom. The largest absolute Gasteiger partial charge is 0.357 e. The lowest BCUT2D eigenvalue weighted by atomic mass is 10.2. The lowest BCUT2D eigenvalue weighted by molar-refractivity contribution is -0.114. The number of anilines is 1. The van der Waals surface area contributed by atoms with E-state index in [1.165, 1.54) is 0 Å². The van der Waals surface area contributed by atoms with Crippen molar-refractivity contribution in [1.82, 2.24) is 15.6 Å². The number of amides is 1. The van der Waals surface area contributed by atoms with Crippen LogP contribution in [-0.4, -0.2) is 29.9 Å². The molecular weight excluding hydrogens is 346 g/mol. The molecule has 7 heteroatoms. The van der Waals surface area contributed by atoms with Gasteiger partial charge in [-0.1, -0.05) is 12.0 Å². The quantitative estimate of drug-likeness (QED) is 0.415. The van der Waals surface area contributed by atoms with E-state index in [4.69, 9.17) is 6.42 Å². The van der Waals surface area contributed by atoms with Gasteiger partial charge >= 0.3 is 0 Å². The molecule has 1 amide bonds. The minimum Gasteiger partial charge on any atom is -0.357 e. The number of carbonyl (C=O) groups is 1.